The average molecular weight is 644 g/mol. The molecule has 0 N–H and O–H groups in total. The van der Waals surface area contributed by atoms with Gasteiger partial charge >= 0.3 is 0 Å². The first-order valence-electron chi connectivity index (χ1n) is 15.0. The molecule has 0 aliphatic heterocycles. The maximum Gasteiger partial charge on any atom is 0.179 e. The lowest BCUT2D eigenvalue weighted by molar-refractivity contribution is 1.60. The predicted octanol–water partition coefficient (Wildman–Crippen LogP) is 8.83. The van der Waals surface area contributed by atoms with Gasteiger partial charge in [0.2, 0.25) is 0 Å². The van der Waals surface area contributed by atoms with Crippen LogP contribution in [0.4, 0.5) is 0 Å². The van der Waals surface area contributed by atoms with Gasteiger partial charge < -0.3 is 0 Å². The minimum Gasteiger partial charge on any atom is -0.0622 e. The molecular weight excluding hydrogens is 612 g/mol. The average Bonchev–Trinajstić information content (AvgIpc) is 3.10. The molecule has 0 saturated heterocycles. The smallest absolute Gasteiger partial charge is 0.0622 e. The van der Waals surface area contributed by atoms with Crippen LogP contribution in [0.25, 0.3) is 33.4 Å². The Kier molecular flexibility index (Phi) is 7.94. The van der Waals surface area contributed by atoms with Crippen LogP contribution in [0, 0.1) is 0 Å². The summed E-state index contributed by atoms with van der Waals surface area (Å²) >= 11 is 3.85. The van der Waals surface area contributed by atoms with Crippen LogP contribution in [0.2, 0.25) is 0 Å². The second-order valence-electron chi connectivity index (χ2n) is 11.1. The molecule has 0 saturated carbocycles. The summed E-state index contributed by atoms with van der Waals surface area (Å²) in [5.74, 6) is 0. The van der Waals surface area contributed by atoms with E-state index in [-0.39, 0.29) is 0 Å². The van der Waals surface area contributed by atoms with E-state index in [1.165, 1.54) is 54.1 Å². The molecule has 0 amide bonds. The zero-order valence-corrected chi connectivity index (χ0v) is 26.9. The first-order chi connectivity index (χ1) is 21.7. The Balaban J connectivity index is 1.57. The molecule has 7 aromatic rings. The number of benzene rings is 7. The van der Waals surface area contributed by atoms with Crippen molar-refractivity contribution < 1.29 is 0 Å². The first kappa shape index (κ1) is 28.0. The van der Waals surface area contributed by atoms with E-state index in [0.717, 1.165) is 4.47 Å². The minimum absolute atomic E-state index is 1.09. The van der Waals surface area contributed by atoms with E-state index < -0.39 is 8.07 Å². The van der Waals surface area contributed by atoms with E-state index in [1.54, 1.807) is 0 Å². The van der Waals surface area contributed by atoms with Gasteiger partial charge in [0.05, 0.1) is 0 Å². The summed E-state index contributed by atoms with van der Waals surface area (Å²) in [4.78, 5) is 0. The van der Waals surface area contributed by atoms with Gasteiger partial charge in [-0.15, -0.1) is 0 Å². The van der Waals surface area contributed by atoms with Crippen LogP contribution in [-0.4, -0.2) is 8.07 Å². The van der Waals surface area contributed by atoms with E-state index in [4.69, 9.17) is 0 Å². The van der Waals surface area contributed by atoms with Gasteiger partial charge in [-0.05, 0) is 66.3 Å². The largest absolute Gasteiger partial charge is 0.179 e. The normalized spacial score (nSPS) is 11.3. The van der Waals surface area contributed by atoms with Gasteiger partial charge in [0.15, 0.2) is 8.07 Å². The molecule has 0 aliphatic carbocycles. The molecule has 210 valence electrons. The third-order valence-corrected chi connectivity index (χ3v) is 13.7. The fraction of sp³-hybridized carbons (Fsp3) is 0. The molecular formula is C42H31BrSi. The molecule has 0 heterocycles. The molecule has 0 fully saturated rings. The van der Waals surface area contributed by atoms with E-state index >= 15 is 0 Å². The molecule has 0 aromatic heterocycles. The summed E-state index contributed by atoms with van der Waals surface area (Å²) in [6, 6.07) is 68.9. The fourth-order valence-corrected chi connectivity index (χ4v) is 11.9. The Morgan fingerprint density at radius 3 is 0.909 bits per heavy atom. The molecule has 2 heteroatoms. The summed E-state index contributed by atoms with van der Waals surface area (Å²) in [5, 5.41) is 5.40. The van der Waals surface area contributed by atoms with Crippen LogP contribution >= 0.6 is 15.9 Å². The van der Waals surface area contributed by atoms with Gasteiger partial charge in [-0.1, -0.05) is 192 Å². The Morgan fingerprint density at radius 1 is 0.273 bits per heavy atom. The van der Waals surface area contributed by atoms with Crippen molar-refractivity contribution in [3.63, 3.8) is 0 Å². The van der Waals surface area contributed by atoms with Crippen molar-refractivity contribution in [2.45, 2.75) is 0 Å². The molecule has 0 unspecified atom stereocenters. The second kappa shape index (κ2) is 12.5. The van der Waals surface area contributed by atoms with Crippen molar-refractivity contribution in [2.75, 3.05) is 0 Å². The molecule has 7 aromatic carbocycles. The highest BCUT2D eigenvalue weighted by Gasteiger charge is 2.42. The van der Waals surface area contributed by atoms with E-state index in [2.05, 4.69) is 204 Å². The predicted molar refractivity (Wildman–Crippen MR) is 194 cm³/mol. The summed E-state index contributed by atoms with van der Waals surface area (Å²) in [6.45, 7) is 0. The van der Waals surface area contributed by atoms with Crippen LogP contribution in [-0.2, 0) is 0 Å². The second-order valence-corrected chi connectivity index (χ2v) is 15.8. The van der Waals surface area contributed by atoms with Crippen molar-refractivity contribution in [1.29, 1.82) is 0 Å². The van der Waals surface area contributed by atoms with Crippen LogP contribution in [0.3, 0.4) is 0 Å². The van der Waals surface area contributed by atoms with Crippen molar-refractivity contribution >= 4 is 44.8 Å². The van der Waals surface area contributed by atoms with Crippen molar-refractivity contribution in [1.82, 2.24) is 0 Å². The lowest BCUT2D eigenvalue weighted by Gasteiger charge is -2.35. The highest BCUT2D eigenvalue weighted by atomic mass is 79.9. The Hall–Kier alpha value is -4.76. The standard InChI is InChI=1S/C42H31BrSi/c43-38-23-13-27-42(31-38)44(39-24-10-20-35(28-39)32-14-4-1-5-15-32,40-25-11-21-36(29-40)33-16-6-2-7-17-33)41-26-12-22-37(30-41)34-18-8-3-9-19-34/h1-31H. The third-order valence-electron chi connectivity index (χ3n) is 8.47. The summed E-state index contributed by atoms with van der Waals surface area (Å²) in [5.41, 5.74) is 7.36. The van der Waals surface area contributed by atoms with E-state index in [1.807, 2.05) is 0 Å². The van der Waals surface area contributed by atoms with Crippen molar-refractivity contribution in [2.24, 2.45) is 0 Å². The van der Waals surface area contributed by atoms with Crippen molar-refractivity contribution in [3.8, 4) is 33.4 Å². The topological polar surface area (TPSA) is 0 Å². The number of hydrogen-bond donors (Lipinski definition) is 0. The van der Waals surface area contributed by atoms with Gasteiger partial charge in [-0.2, -0.15) is 0 Å². The van der Waals surface area contributed by atoms with Gasteiger partial charge in [0.25, 0.3) is 0 Å². The van der Waals surface area contributed by atoms with Gasteiger partial charge in [0.1, 0.15) is 0 Å². The van der Waals surface area contributed by atoms with E-state index in [0.29, 0.717) is 0 Å². The Labute approximate surface area is 269 Å². The quantitative estimate of drug-likeness (QED) is 0.120. The van der Waals surface area contributed by atoms with E-state index in [9.17, 15) is 0 Å². The molecule has 44 heavy (non-hydrogen) atoms. The summed E-state index contributed by atoms with van der Waals surface area (Å²) in [7, 11) is -2.85. The fourth-order valence-electron chi connectivity index (χ4n) is 6.41. The highest BCUT2D eigenvalue weighted by molar-refractivity contribution is 9.10. The maximum atomic E-state index is 3.85. The van der Waals surface area contributed by atoms with Gasteiger partial charge in [-0.25, -0.2) is 0 Å². The Bertz CT molecular complexity index is 1820. The van der Waals surface area contributed by atoms with Crippen molar-refractivity contribution in [3.05, 3.63) is 193 Å². The lowest BCUT2D eigenvalue weighted by Crippen LogP contribution is -2.74. The molecule has 0 nitrogen and oxygen atoms in total. The molecule has 0 radical (unpaired) electrons. The number of halogens is 1. The van der Waals surface area contributed by atoms with Gasteiger partial charge in [-0.3, -0.25) is 0 Å². The zero-order chi connectivity index (χ0) is 29.8. The molecule has 0 aliphatic rings. The van der Waals surface area contributed by atoms with Crippen LogP contribution in [0.5, 0.6) is 0 Å². The Morgan fingerprint density at radius 2 is 0.568 bits per heavy atom. The molecule has 7 rings (SSSR count). The minimum atomic E-state index is -2.85. The van der Waals surface area contributed by atoms with Crippen LogP contribution in [0.15, 0.2) is 193 Å². The molecule has 0 atom stereocenters. The summed E-state index contributed by atoms with van der Waals surface area (Å²) < 4.78 is 1.09. The highest BCUT2D eigenvalue weighted by Crippen LogP contribution is 2.24. The van der Waals surface area contributed by atoms with Crippen LogP contribution < -0.4 is 20.7 Å². The summed E-state index contributed by atoms with van der Waals surface area (Å²) in [6.07, 6.45) is 0. The molecule has 0 spiro atoms. The number of hydrogen-bond acceptors (Lipinski definition) is 0. The first-order valence-corrected chi connectivity index (χ1v) is 17.7. The lowest BCUT2D eigenvalue weighted by atomic mass is 10.1. The molecule has 0 bridgehead atoms. The SMILES string of the molecule is Brc1cccc([Si](c2cccc(-c3ccccc3)c2)(c2cccc(-c3ccccc3)c2)c2cccc(-c3ccccc3)c2)c1. The zero-order valence-electron chi connectivity index (χ0n) is 24.3. The third kappa shape index (κ3) is 5.39. The van der Waals surface area contributed by atoms with Crippen LogP contribution in [0.1, 0.15) is 0 Å². The van der Waals surface area contributed by atoms with Gasteiger partial charge in [0, 0.05) is 4.47 Å². The maximum absolute atomic E-state index is 3.85. The number of rotatable bonds is 7. The monoisotopic (exact) mass is 642 g/mol.